The summed E-state index contributed by atoms with van der Waals surface area (Å²) in [6.07, 6.45) is 1.67. The van der Waals surface area contributed by atoms with E-state index in [0.29, 0.717) is 20.6 Å². The van der Waals surface area contributed by atoms with Crippen LogP contribution in [0.1, 0.15) is 10.4 Å². The molecule has 2 aromatic carbocycles. The van der Waals surface area contributed by atoms with Gasteiger partial charge in [0, 0.05) is 26.0 Å². The fraction of sp³-hybridized carbons (Fsp3) is 0. The molecule has 0 saturated carbocycles. The Bertz CT molecular complexity index is 886. The van der Waals surface area contributed by atoms with E-state index in [1.165, 1.54) is 11.8 Å². The molecule has 0 atom stereocenters. The van der Waals surface area contributed by atoms with E-state index in [1.54, 1.807) is 30.5 Å². The molecular formula is C18H11Cl2NOS2. The lowest BCUT2D eigenvalue weighted by Gasteiger charge is -2.07. The van der Waals surface area contributed by atoms with Crippen LogP contribution >= 0.6 is 46.7 Å². The molecule has 1 aromatic heterocycles. The Kier molecular flexibility index (Phi) is 5.85. The highest BCUT2D eigenvalue weighted by Gasteiger charge is 2.15. The average molecular weight is 392 g/mol. The summed E-state index contributed by atoms with van der Waals surface area (Å²) in [6, 6.07) is 18.2. The minimum Gasteiger partial charge on any atom is -0.281 e. The molecule has 3 rings (SSSR count). The van der Waals surface area contributed by atoms with Crippen LogP contribution in [0, 0.1) is 0 Å². The third-order valence-corrected chi connectivity index (χ3v) is 5.38. The molecule has 0 bridgehead atoms. The molecule has 3 aromatic rings. The number of pyridine rings is 1. The number of carbonyl (C=O) groups is 1. The van der Waals surface area contributed by atoms with Gasteiger partial charge in [0.1, 0.15) is 5.03 Å². The van der Waals surface area contributed by atoms with Crippen LogP contribution < -0.4 is 0 Å². The van der Waals surface area contributed by atoms with Crippen molar-refractivity contribution in [1.82, 2.24) is 4.98 Å². The van der Waals surface area contributed by atoms with Crippen LogP contribution in [-0.4, -0.2) is 10.1 Å². The van der Waals surface area contributed by atoms with E-state index < -0.39 is 0 Å². The van der Waals surface area contributed by atoms with E-state index in [2.05, 4.69) is 4.98 Å². The Morgan fingerprint density at radius 2 is 1.54 bits per heavy atom. The van der Waals surface area contributed by atoms with Gasteiger partial charge in [-0.05, 0) is 60.3 Å². The number of nitrogens with zero attached hydrogens (tertiary/aromatic N) is 1. The van der Waals surface area contributed by atoms with Crippen molar-refractivity contribution >= 4 is 51.8 Å². The minimum absolute atomic E-state index is 0.0742. The Hall–Kier alpha value is -1.46. The van der Waals surface area contributed by atoms with E-state index in [9.17, 15) is 4.79 Å². The Labute approximate surface area is 158 Å². The van der Waals surface area contributed by atoms with Crippen molar-refractivity contribution in [1.29, 1.82) is 0 Å². The molecular weight excluding hydrogens is 381 g/mol. The van der Waals surface area contributed by atoms with Crippen molar-refractivity contribution < 1.29 is 4.79 Å². The number of hydrogen-bond acceptors (Lipinski definition) is 4. The number of halogens is 2. The first-order valence-electron chi connectivity index (χ1n) is 6.98. The predicted octanol–water partition coefficient (Wildman–Crippen LogP) is 6.47. The van der Waals surface area contributed by atoms with Crippen LogP contribution in [-0.2, 0) is 0 Å². The van der Waals surface area contributed by atoms with Crippen LogP contribution in [0.15, 0.2) is 81.7 Å². The van der Waals surface area contributed by atoms with Crippen LogP contribution in [0.3, 0.4) is 0 Å². The molecule has 6 heteroatoms. The van der Waals surface area contributed by atoms with Crippen molar-refractivity contribution in [2.24, 2.45) is 0 Å². The molecule has 0 aliphatic carbocycles. The standard InChI is InChI=1S/C18H11Cl2NOS2/c19-12-4-1-6-14(10-12)23-17-16(8-3-9-21-17)18(22)24-15-7-2-5-13(20)11-15/h1-11H. The van der Waals surface area contributed by atoms with E-state index >= 15 is 0 Å². The second-order valence-electron chi connectivity index (χ2n) is 4.76. The summed E-state index contributed by atoms with van der Waals surface area (Å²) in [5.74, 6) is 0. The summed E-state index contributed by atoms with van der Waals surface area (Å²) in [4.78, 5) is 18.7. The summed E-state index contributed by atoms with van der Waals surface area (Å²) < 4.78 is 0. The van der Waals surface area contributed by atoms with Gasteiger partial charge in [0.05, 0.1) is 5.56 Å². The van der Waals surface area contributed by atoms with Crippen molar-refractivity contribution in [3.63, 3.8) is 0 Å². The maximum atomic E-state index is 12.6. The van der Waals surface area contributed by atoms with Gasteiger partial charge in [-0.15, -0.1) is 0 Å². The molecule has 120 valence electrons. The average Bonchev–Trinajstić information content (AvgIpc) is 2.55. The number of aromatic nitrogens is 1. The number of hydrogen-bond donors (Lipinski definition) is 0. The molecule has 0 saturated heterocycles. The summed E-state index contributed by atoms with van der Waals surface area (Å²) >= 11 is 14.5. The lowest BCUT2D eigenvalue weighted by molar-refractivity contribution is 0.108. The number of carbonyl (C=O) groups excluding carboxylic acids is 1. The quantitative estimate of drug-likeness (QED) is 0.476. The van der Waals surface area contributed by atoms with Crippen molar-refractivity contribution in [2.75, 3.05) is 0 Å². The van der Waals surface area contributed by atoms with Gasteiger partial charge < -0.3 is 0 Å². The zero-order valence-corrected chi connectivity index (χ0v) is 15.4. The normalized spacial score (nSPS) is 10.6. The molecule has 1 heterocycles. The molecule has 0 spiro atoms. The topological polar surface area (TPSA) is 30.0 Å². The number of thioether (sulfide) groups is 1. The number of benzene rings is 2. The molecule has 0 N–H and O–H groups in total. The molecule has 0 unspecified atom stereocenters. The van der Waals surface area contributed by atoms with Crippen molar-refractivity contribution in [2.45, 2.75) is 14.8 Å². The van der Waals surface area contributed by atoms with Gasteiger partial charge >= 0.3 is 0 Å². The summed E-state index contributed by atoms with van der Waals surface area (Å²) in [6.45, 7) is 0. The summed E-state index contributed by atoms with van der Waals surface area (Å²) in [7, 11) is 0. The van der Waals surface area contributed by atoms with E-state index in [4.69, 9.17) is 23.2 Å². The molecule has 0 aliphatic heterocycles. The third kappa shape index (κ3) is 4.54. The molecule has 0 aliphatic rings. The van der Waals surface area contributed by atoms with Crippen molar-refractivity contribution in [3.8, 4) is 0 Å². The monoisotopic (exact) mass is 391 g/mol. The minimum atomic E-state index is -0.0742. The van der Waals surface area contributed by atoms with Gasteiger partial charge in [-0.1, -0.05) is 47.1 Å². The van der Waals surface area contributed by atoms with Crippen LogP contribution in [0.2, 0.25) is 10.0 Å². The Balaban J connectivity index is 1.84. The fourth-order valence-corrected chi connectivity index (χ4v) is 4.30. The van der Waals surface area contributed by atoms with Gasteiger partial charge in [0.2, 0.25) is 5.12 Å². The van der Waals surface area contributed by atoms with Gasteiger partial charge in [-0.25, -0.2) is 4.98 Å². The van der Waals surface area contributed by atoms with Gasteiger partial charge in [0.15, 0.2) is 0 Å². The maximum absolute atomic E-state index is 12.6. The van der Waals surface area contributed by atoms with Crippen LogP contribution in [0.4, 0.5) is 0 Å². The highest BCUT2D eigenvalue weighted by atomic mass is 35.5. The second kappa shape index (κ2) is 8.08. The smallest absolute Gasteiger partial charge is 0.226 e. The van der Waals surface area contributed by atoms with Gasteiger partial charge in [-0.2, -0.15) is 0 Å². The van der Waals surface area contributed by atoms with Gasteiger partial charge in [0.25, 0.3) is 0 Å². The van der Waals surface area contributed by atoms with Crippen LogP contribution in [0.25, 0.3) is 0 Å². The van der Waals surface area contributed by atoms with Crippen molar-refractivity contribution in [3.05, 3.63) is 82.5 Å². The first-order valence-corrected chi connectivity index (χ1v) is 9.37. The first kappa shape index (κ1) is 17.4. The molecule has 0 radical (unpaired) electrons. The first-order chi connectivity index (χ1) is 11.6. The summed E-state index contributed by atoms with van der Waals surface area (Å²) in [5, 5.41) is 1.83. The second-order valence-corrected chi connectivity index (χ2v) is 7.74. The zero-order valence-electron chi connectivity index (χ0n) is 12.3. The lowest BCUT2D eigenvalue weighted by atomic mass is 10.3. The Morgan fingerprint density at radius 3 is 2.25 bits per heavy atom. The third-order valence-electron chi connectivity index (χ3n) is 3.01. The SMILES string of the molecule is O=C(Sc1cccc(Cl)c1)c1cccnc1Sc1cccc(Cl)c1. The predicted molar refractivity (Wildman–Crippen MR) is 101 cm³/mol. The highest BCUT2D eigenvalue weighted by molar-refractivity contribution is 8.14. The van der Waals surface area contributed by atoms with E-state index in [1.807, 2.05) is 36.4 Å². The zero-order chi connectivity index (χ0) is 16.9. The van der Waals surface area contributed by atoms with Crippen LogP contribution in [0.5, 0.6) is 0 Å². The van der Waals surface area contributed by atoms with Gasteiger partial charge in [-0.3, -0.25) is 4.79 Å². The number of rotatable bonds is 4. The maximum Gasteiger partial charge on any atom is 0.226 e. The molecule has 0 fully saturated rings. The Morgan fingerprint density at radius 1 is 0.875 bits per heavy atom. The van der Waals surface area contributed by atoms with E-state index in [0.717, 1.165) is 21.6 Å². The molecule has 0 amide bonds. The molecule has 2 nitrogen and oxygen atoms in total. The lowest BCUT2D eigenvalue weighted by Crippen LogP contribution is -1.98. The van der Waals surface area contributed by atoms with E-state index in [-0.39, 0.29) is 5.12 Å². The fourth-order valence-electron chi connectivity index (χ4n) is 1.96. The summed E-state index contributed by atoms with van der Waals surface area (Å²) in [5.41, 5.74) is 0.562. The molecule has 24 heavy (non-hydrogen) atoms. The largest absolute Gasteiger partial charge is 0.281 e. The highest BCUT2D eigenvalue weighted by Crippen LogP contribution is 2.33.